The molecule has 0 unspecified atom stereocenters. The molecule has 154 valence electrons. The van der Waals surface area contributed by atoms with Gasteiger partial charge in [-0.25, -0.2) is 10.8 Å². The van der Waals surface area contributed by atoms with Gasteiger partial charge in [-0.05, 0) is 37.1 Å². The molecule has 2 atom stereocenters. The van der Waals surface area contributed by atoms with Gasteiger partial charge in [-0.3, -0.25) is 4.79 Å². The van der Waals surface area contributed by atoms with Crippen LogP contribution in [0.1, 0.15) is 36.0 Å². The first-order valence-corrected chi connectivity index (χ1v) is 9.55. The fraction of sp³-hybridized carbons (Fsp3) is 0.368. The Kier molecular flexibility index (Phi) is 6.57. The third-order valence-corrected chi connectivity index (χ3v) is 4.94. The van der Waals surface area contributed by atoms with E-state index in [0.717, 1.165) is 31.4 Å². The zero-order valence-electron chi connectivity index (χ0n) is 16.1. The number of nitrogens with two attached hydrogens (primary N) is 3. The van der Waals surface area contributed by atoms with Crippen LogP contribution in [-0.4, -0.2) is 40.7 Å². The molecular weight excluding hydrogens is 370 g/mol. The van der Waals surface area contributed by atoms with E-state index in [1.54, 1.807) is 24.3 Å². The van der Waals surface area contributed by atoms with E-state index in [4.69, 9.17) is 22.7 Å². The molecule has 0 saturated heterocycles. The average molecular weight is 397 g/mol. The molecule has 1 amide bonds. The van der Waals surface area contributed by atoms with Crippen LogP contribution in [0.3, 0.4) is 0 Å². The summed E-state index contributed by atoms with van der Waals surface area (Å²) < 4.78 is 0. The second-order valence-corrected chi connectivity index (χ2v) is 7.05. The normalized spacial score (nSPS) is 18.7. The van der Waals surface area contributed by atoms with Crippen molar-refractivity contribution >= 4 is 35.3 Å². The van der Waals surface area contributed by atoms with Crippen LogP contribution in [0.2, 0.25) is 0 Å². The Balaban J connectivity index is 1.79. The minimum atomic E-state index is -0.621. The van der Waals surface area contributed by atoms with Gasteiger partial charge < -0.3 is 32.5 Å². The summed E-state index contributed by atoms with van der Waals surface area (Å²) in [5.74, 6) is 5.95. The number of rotatable bonds is 8. The number of anilines is 4. The van der Waals surface area contributed by atoms with E-state index in [-0.39, 0.29) is 17.6 Å². The summed E-state index contributed by atoms with van der Waals surface area (Å²) in [6, 6.07) is 7.35. The highest BCUT2D eigenvalue weighted by atomic mass is 16.1. The van der Waals surface area contributed by atoms with Crippen LogP contribution >= 0.6 is 0 Å². The summed E-state index contributed by atoms with van der Waals surface area (Å²) in [5.41, 5.74) is 13.3. The molecule has 1 aliphatic carbocycles. The second-order valence-electron chi connectivity index (χ2n) is 7.05. The number of primary amides is 1. The van der Waals surface area contributed by atoms with E-state index < -0.39 is 5.91 Å². The molecule has 0 bridgehead atoms. The lowest BCUT2D eigenvalue weighted by Gasteiger charge is -2.29. The minimum absolute atomic E-state index is 0.0484. The minimum Gasteiger partial charge on any atom is -0.365 e. The first kappa shape index (κ1) is 20.5. The Bertz CT molecular complexity index is 855. The summed E-state index contributed by atoms with van der Waals surface area (Å²) in [6.45, 7) is 0.308. The van der Waals surface area contributed by atoms with Crippen LogP contribution < -0.4 is 33.0 Å². The van der Waals surface area contributed by atoms with Crippen molar-refractivity contribution in [2.24, 2.45) is 17.3 Å². The van der Waals surface area contributed by atoms with Gasteiger partial charge in [0.25, 0.3) is 5.91 Å². The Morgan fingerprint density at radius 1 is 1.28 bits per heavy atom. The van der Waals surface area contributed by atoms with Gasteiger partial charge in [0.15, 0.2) is 0 Å². The van der Waals surface area contributed by atoms with Gasteiger partial charge in [0.2, 0.25) is 5.95 Å². The van der Waals surface area contributed by atoms with Gasteiger partial charge in [-0.1, -0.05) is 12.8 Å². The number of carbonyl (C=O) groups is 1. The van der Waals surface area contributed by atoms with Gasteiger partial charge in [-0.15, -0.1) is 0 Å². The number of benzene rings is 1. The summed E-state index contributed by atoms with van der Waals surface area (Å²) in [6.07, 6.45) is 6.79. The van der Waals surface area contributed by atoms with E-state index in [1.807, 2.05) is 0 Å². The maximum atomic E-state index is 11.8. The lowest BCUT2D eigenvalue weighted by molar-refractivity contribution is 0.100. The van der Waals surface area contributed by atoms with Crippen molar-refractivity contribution in [3.8, 4) is 0 Å². The van der Waals surface area contributed by atoms with Crippen LogP contribution in [0.5, 0.6) is 0 Å². The molecule has 3 rings (SSSR count). The van der Waals surface area contributed by atoms with Gasteiger partial charge in [0.05, 0.1) is 12.2 Å². The summed E-state index contributed by atoms with van der Waals surface area (Å²) in [4.78, 5) is 20.5. The van der Waals surface area contributed by atoms with E-state index in [0.29, 0.717) is 24.0 Å². The zero-order valence-corrected chi connectivity index (χ0v) is 16.1. The first-order valence-electron chi connectivity index (χ1n) is 9.55. The van der Waals surface area contributed by atoms with Gasteiger partial charge in [0.1, 0.15) is 11.4 Å². The molecule has 1 heterocycles. The predicted octanol–water partition coefficient (Wildman–Crippen LogP) is 1.33. The van der Waals surface area contributed by atoms with Gasteiger partial charge in [-0.2, -0.15) is 4.98 Å². The fourth-order valence-electron chi connectivity index (χ4n) is 3.31. The molecule has 0 spiro atoms. The molecule has 1 saturated carbocycles. The second kappa shape index (κ2) is 9.30. The molecule has 9 N–H and O–H groups in total. The fourth-order valence-corrected chi connectivity index (χ4v) is 3.31. The Morgan fingerprint density at radius 2 is 2.00 bits per heavy atom. The summed E-state index contributed by atoms with van der Waals surface area (Å²) in [5, 5.41) is 15.0. The number of hydrogen-bond donors (Lipinski definition) is 6. The Hall–Kier alpha value is -3.24. The van der Waals surface area contributed by atoms with E-state index in [1.165, 1.54) is 17.4 Å². The smallest absolute Gasteiger partial charge is 0.254 e. The number of amides is 1. The molecular formula is C19H27N9O. The third kappa shape index (κ3) is 5.18. The molecule has 10 nitrogen and oxygen atoms in total. The van der Waals surface area contributed by atoms with Crippen molar-refractivity contribution in [3.05, 3.63) is 36.0 Å². The predicted molar refractivity (Wildman–Crippen MR) is 114 cm³/mol. The van der Waals surface area contributed by atoms with E-state index in [2.05, 4.69) is 20.6 Å². The highest BCUT2D eigenvalue weighted by Gasteiger charge is 2.23. The quantitative estimate of drug-likeness (QED) is 0.220. The van der Waals surface area contributed by atoms with Crippen LogP contribution in [0.25, 0.3) is 0 Å². The molecule has 1 aromatic carbocycles. The Morgan fingerprint density at radius 3 is 2.66 bits per heavy atom. The third-order valence-electron chi connectivity index (χ3n) is 4.94. The van der Waals surface area contributed by atoms with Crippen LogP contribution in [0, 0.1) is 5.41 Å². The number of carbonyl (C=O) groups excluding carboxylic acids is 1. The molecule has 2 aromatic rings. The molecule has 0 aliphatic heterocycles. The summed E-state index contributed by atoms with van der Waals surface area (Å²) in [7, 11) is 0. The summed E-state index contributed by atoms with van der Waals surface area (Å²) >= 11 is 0. The number of hydrogen-bond acceptors (Lipinski definition) is 9. The zero-order chi connectivity index (χ0) is 20.8. The lowest BCUT2D eigenvalue weighted by Crippen LogP contribution is -2.43. The molecule has 1 fully saturated rings. The number of hydrazine groups is 1. The molecule has 29 heavy (non-hydrogen) atoms. The van der Waals surface area contributed by atoms with Crippen molar-refractivity contribution in [3.63, 3.8) is 0 Å². The Labute approximate surface area is 169 Å². The van der Waals surface area contributed by atoms with Crippen molar-refractivity contribution < 1.29 is 4.79 Å². The highest BCUT2D eigenvalue weighted by Crippen LogP contribution is 2.24. The largest absolute Gasteiger partial charge is 0.365 e. The molecule has 10 heteroatoms. The lowest BCUT2D eigenvalue weighted by atomic mass is 9.91. The van der Waals surface area contributed by atoms with Crippen LogP contribution in [-0.2, 0) is 0 Å². The van der Waals surface area contributed by atoms with Gasteiger partial charge >= 0.3 is 0 Å². The van der Waals surface area contributed by atoms with Crippen molar-refractivity contribution in [2.75, 3.05) is 22.2 Å². The van der Waals surface area contributed by atoms with E-state index >= 15 is 0 Å². The van der Waals surface area contributed by atoms with Crippen LogP contribution in [0.15, 0.2) is 30.5 Å². The molecule has 1 aliphatic rings. The standard InChI is InChI=1S/C19H27N9O/c20-9-10-28(23)13-7-5-12(6-8-13)25-18-14(17(22)29)11-24-19(27-18)26-16-4-2-1-3-15(16)21/h5-9,11,15-16,20H,1-4,10,21,23H2,(H2,22,29)(H2,24,25,26,27)/t15-,16+/m0/s1. The number of nitrogens with zero attached hydrogens (tertiary/aromatic N) is 3. The maximum Gasteiger partial charge on any atom is 0.254 e. The number of aromatic nitrogens is 2. The highest BCUT2D eigenvalue weighted by molar-refractivity contribution is 5.98. The maximum absolute atomic E-state index is 11.8. The molecule has 1 aromatic heterocycles. The molecule has 0 radical (unpaired) electrons. The topological polar surface area (TPSA) is 172 Å². The number of nitrogens with one attached hydrogen (secondary N) is 3. The van der Waals surface area contributed by atoms with E-state index in [9.17, 15) is 4.79 Å². The van der Waals surface area contributed by atoms with Crippen molar-refractivity contribution in [1.82, 2.24) is 9.97 Å². The van der Waals surface area contributed by atoms with Crippen molar-refractivity contribution in [2.45, 2.75) is 37.8 Å². The monoisotopic (exact) mass is 397 g/mol. The SMILES string of the molecule is N=CCN(N)c1ccc(Nc2nc(N[C@@H]3CCCC[C@@H]3N)ncc2C(N)=O)cc1. The van der Waals surface area contributed by atoms with Crippen LogP contribution in [0.4, 0.5) is 23.1 Å². The van der Waals surface area contributed by atoms with Gasteiger partial charge in [0, 0.05) is 30.2 Å². The average Bonchev–Trinajstić information content (AvgIpc) is 2.70. The first-order chi connectivity index (χ1) is 14.0. The van der Waals surface area contributed by atoms with Crippen molar-refractivity contribution in [1.29, 1.82) is 5.41 Å².